The van der Waals surface area contributed by atoms with E-state index in [1.807, 2.05) is 0 Å². The van der Waals surface area contributed by atoms with Crippen molar-refractivity contribution in [2.45, 2.75) is 31.7 Å². The Bertz CT molecular complexity index is 620. The molecule has 0 saturated carbocycles. The van der Waals surface area contributed by atoms with Gasteiger partial charge in [0.25, 0.3) is 0 Å². The van der Waals surface area contributed by atoms with Gasteiger partial charge in [0.2, 0.25) is 10.0 Å². The third kappa shape index (κ3) is 3.26. The van der Waals surface area contributed by atoms with Gasteiger partial charge in [-0.3, -0.25) is 0 Å². The molecule has 0 aliphatic carbocycles. The van der Waals surface area contributed by atoms with Crippen LogP contribution < -0.4 is 0 Å². The largest absolute Gasteiger partial charge is 0.478 e. The van der Waals surface area contributed by atoms with Crippen LogP contribution in [0.1, 0.15) is 29.8 Å². The van der Waals surface area contributed by atoms with Crippen molar-refractivity contribution in [3.05, 3.63) is 42.0 Å². The maximum Gasteiger partial charge on any atom is 0.335 e. The molecule has 5 nitrogen and oxygen atoms in total. The Morgan fingerprint density at radius 2 is 2.05 bits per heavy atom. The number of hydrogen-bond donors (Lipinski definition) is 1. The minimum Gasteiger partial charge on any atom is -0.478 e. The first kappa shape index (κ1) is 16.4. The third-order valence-electron chi connectivity index (χ3n) is 2.93. The molecule has 1 aromatic rings. The molecule has 0 amide bonds. The number of aryl methyl sites for hydroxylation is 1. The van der Waals surface area contributed by atoms with Gasteiger partial charge in [0.05, 0.1) is 10.5 Å². The van der Waals surface area contributed by atoms with E-state index in [1.165, 1.54) is 28.6 Å². The molecule has 0 saturated heterocycles. The molecule has 0 radical (unpaired) electrons. The highest BCUT2D eigenvalue weighted by Crippen LogP contribution is 2.21. The predicted octanol–water partition coefficient (Wildman–Crippen LogP) is 2.28. The van der Waals surface area contributed by atoms with Crippen molar-refractivity contribution in [1.82, 2.24) is 4.31 Å². The Morgan fingerprint density at radius 3 is 2.50 bits per heavy atom. The van der Waals surface area contributed by atoms with Gasteiger partial charge in [0.1, 0.15) is 0 Å². The molecule has 0 spiro atoms. The number of carboxylic acid groups (broad SMARTS) is 1. The molecule has 0 aliphatic rings. The van der Waals surface area contributed by atoms with Crippen LogP contribution in [0.3, 0.4) is 0 Å². The highest BCUT2D eigenvalue weighted by Gasteiger charge is 2.27. The molecular weight excluding hydrogens is 278 g/mol. The number of rotatable bonds is 6. The molecule has 1 N–H and O–H groups in total. The van der Waals surface area contributed by atoms with Crippen molar-refractivity contribution in [3.63, 3.8) is 0 Å². The van der Waals surface area contributed by atoms with Crippen molar-refractivity contribution in [3.8, 4) is 0 Å². The fourth-order valence-electron chi connectivity index (χ4n) is 1.84. The van der Waals surface area contributed by atoms with E-state index in [2.05, 4.69) is 6.58 Å². The number of nitrogens with zero attached hydrogens (tertiary/aromatic N) is 1. The quantitative estimate of drug-likeness (QED) is 0.817. The average molecular weight is 297 g/mol. The lowest BCUT2D eigenvalue weighted by atomic mass is 10.1. The summed E-state index contributed by atoms with van der Waals surface area (Å²) in [6.45, 7) is 8.87. The molecule has 6 heteroatoms. The van der Waals surface area contributed by atoms with E-state index in [9.17, 15) is 13.2 Å². The predicted molar refractivity (Wildman–Crippen MR) is 77.4 cm³/mol. The van der Waals surface area contributed by atoms with E-state index >= 15 is 0 Å². The van der Waals surface area contributed by atoms with Gasteiger partial charge in [-0.15, -0.1) is 6.58 Å². The SMILES string of the molecule is C=CCN(C(C)C)S(=O)(=O)c1ccc(C)c(C(=O)O)c1. The Kier molecular flexibility index (Phi) is 5.08. The van der Waals surface area contributed by atoms with E-state index in [4.69, 9.17) is 5.11 Å². The van der Waals surface area contributed by atoms with Crippen LogP contribution in [0.15, 0.2) is 35.7 Å². The fourth-order valence-corrected chi connectivity index (χ4v) is 3.48. The Labute approximate surface area is 119 Å². The smallest absolute Gasteiger partial charge is 0.335 e. The van der Waals surface area contributed by atoms with Crippen LogP contribution in [0.5, 0.6) is 0 Å². The lowest BCUT2D eigenvalue weighted by Crippen LogP contribution is -2.37. The van der Waals surface area contributed by atoms with Gasteiger partial charge in [-0.05, 0) is 38.5 Å². The van der Waals surface area contributed by atoms with Crippen molar-refractivity contribution < 1.29 is 18.3 Å². The first-order valence-corrected chi connectivity index (χ1v) is 7.62. The summed E-state index contributed by atoms with van der Waals surface area (Å²) in [5.74, 6) is -1.14. The monoisotopic (exact) mass is 297 g/mol. The molecule has 0 aromatic heterocycles. The zero-order valence-electron chi connectivity index (χ0n) is 11.8. The van der Waals surface area contributed by atoms with Crippen molar-refractivity contribution in [1.29, 1.82) is 0 Å². The molecule has 0 aliphatic heterocycles. The van der Waals surface area contributed by atoms with E-state index in [1.54, 1.807) is 20.8 Å². The van der Waals surface area contributed by atoms with E-state index in [0.717, 1.165) is 0 Å². The zero-order chi connectivity index (χ0) is 15.5. The van der Waals surface area contributed by atoms with Crippen molar-refractivity contribution in [2.24, 2.45) is 0 Å². The van der Waals surface area contributed by atoms with Crippen molar-refractivity contribution in [2.75, 3.05) is 6.54 Å². The van der Waals surface area contributed by atoms with Crippen LogP contribution in [-0.4, -0.2) is 36.4 Å². The van der Waals surface area contributed by atoms with Crippen LogP contribution in [-0.2, 0) is 10.0 Å². The van der Waals surface area contributed by atoms with Gasteiger partial charge >= 0.3 is 5.97 Å². The summed E-state index contributed by atoms with van der Waals surface area (Å²) in [4.78, 5) is 11.1. The van der Waals surface area contributed by atoms with Gasteiger partial charge in [-0.1, -0.05) is 12.1 Å². The van der Waals surface area contributed by atoms with Crippen LogP contribution in [0.2, 0.25) is 0 Å². The third-order valence-corrected chi connectivity index (χ3v) is 4.97. The van der Waals surface area contributed by atoms with Crippen LogP contribution in [0.25, 0.3) is 0 Å². The summed E-state index contributed by atoms with van der Waals surface area (Å²) in [7, 11) is -3.74. The summed E-state index contributed by atoms with van der Waals surface area (Å²) >= 11 is 0. The second kappa shape index (κ2) is 6.19. The normalized spacial score (nSPS) is 11.8. The molecule has 0 atom stereocenters. The topological polar surface area (TPSA) is 74.7 Å². The number of carbonyl (C=O) groups is 1. The fraction of sp³-hybridized carbons (Fsp3) is 0.357. The zero-order valence-corrected chi connectivity index (χ0v) is 12.6. The highest BCUT2D eigenvalue weighted by molar-refractivity contribution is 7.89. The number of hydrogen-bond acceptors (Lipinski definition) is 3. The first-order chi connectivity index (χ1) is 9.21. The Hall–Kier alpha value is -1.66. The van der Waals surface area contributed by atoms with Gasteiger partial charge in [-0.2, -0.15) is 4.31 Å². The molecule has 1 aromatic carbocycles. The minimum atomic E-state index is -3.74. The van der Waals surface area contributed by atoms with Gasteiger partial charge in [0, 0.05) is 12.6 Å². The summed E-state index contributed by atoms with van der Waals surface area (Å²) in [5, 5.41) is 9.08. The maximum atomic E-state index is 12.5. The molecule has 0 heterocycles. The van der Waals surface area contributed by atoms with Crippen molar-refractivity contribution >= 4 is 16.0 Å². The summed E-state index contributed by atoms with van der Waals surface area (Å²) in [6.07, 6.45) is 1.50. The lowest BCUT2D eigenvalue weighted by molar-refractivity contribution is 0.0696. The molecule has 0 fully saturated rings. The highest BCUT2D eigenvalue weighted by atomic mass is 32.2. The molecular formula is C14H19NO4S. The van der Waals surface area contributed by atoms with Crippen LogP contribution in [0.4, 0.5) is 0 Å². The van der Waals surface area contributed by atoms with E-state index in [-0.39, 0.29) is 23.0 Å². The summed E-state index contributed by atoms with van der Waals surface area (Å²) < 4.78 is 26.3. The number of aromatic carboxylic acids is 1. The van der Waals surface area contributed by atoms with Crippen LogP contribution >= 0.6 is 0 Å². The second-order valence-electron chi connectivity index (χ2n) is 4.74. The number of benzene rings is 1. The van der Waals surface area contributed by atoms with Gasteiger partial charge < -0.3 is 5.11 Å². The molecule has 1 rings (SSSR count). The standard InChI is InChI=1S/C14H19NO4S/c1-5-8-15(10(2)3)20(18,19)12-7-6-11(4)13(9-12)14(16)17/h5-7,9-10H,1,8H2,2-4H3,(H,16,17). The minimum absolute atomic E-state index is 0.00613. The van der Waals surface area contributed by atoms with E-state index in [0.29, 0.717) is 5.56 Å². The number of sulfonamides is 1. The lowest BCUT2D eigenvalue weighted by Gasteiger charge is -2.24. The van der Waals surface area contributed by atoms with Gasteiger partial charge in [-0.25, -0.2) is 13.2 Å². The maximum absolute atomic E-state index is 12.5. The summed E-state index contributed by atoms with van der Waals surface area (Å²) in [6, 6.07) is 3.89. The Morgan fingerprint density at radius 1 is 1.45 bits per heavy atom. The first-order valence-electron chi connectivity index (χ1n) is 6.18. The Balaban J connectivity index is 3.38. The van der Waals surface area contributed by atoms with Gasteiger partial charge in [0.15, 0.2) is 0 Å². The average Bonchev–Trinajstić information content (AvgIpc) is 2.35. The molecule has 0 bridgehead atoms. The van der Waals surface area contributed by atoms with Crippen LogP contribution in [0, 0.1) is 6.92 Å². The molecule has 0 unspecified atom stereocenters. The number of carboxylic acids is 1. The molecule has 20 heavy (non-hydrogen) atoms. The van der Waals surface area contributed by atoms with E-state index < -0.39 is 16.0 Å². The summed E-state index contributed by atoms with van der Waals surface area (Å²) in [5.41, 5.74) is 0.518. The second-order valence-corrected chi connectivity index (χ2v) is 6.63. The molecule has 110 valence electrons.